The maximum absolute atomic E-state index is 14.6. The van der Waals surface area contributed by atoms with Crippen LogP contribution in [0.15, 0.2) is 70.8 Å². The molecule has 13 nitrogen and oxygen atoms in total. The number of carbonyl (C=O) groups is 3. The Morgan fingerprint density at radius 3 is 2.41 bits per heavy atom. The zero-order valence-electron chi connectivity index (χ0n) is 29.4. The van der Waals surface area contributed by atoms with Gasteiger partial charge in [0.15, 0.2) is 0 Å². The lowest BCUT2D eigenvalue weighted by molar-refractivity contribution is -0.143. The summed E-state index contributed by atoms with van der Waals surface area (Å²) in [6.07, 6.45) is -1.64. The fourth-order valence-corrected chi connectivity index (χ4v) is 7.32. The third-order valence-corrected chi connectivity index (χ3v) is 10.4. The minimum Gasteiger partial charge on any atom is -0.378 e. The maximum atomic E-state index is 14.6. The van der Waals surface area contributed by atoms with E-state index in [9.17, 15) is 27.6 Å². The first kappa shape index (κ1) is 40.9. The molecule has 0 saturated carbocycles. The van der Waals surface area contributed by atoms with Gasteiger partial charge in [-0.3, -0.25) is 19.7 Å². The lowest BCUT2D eigenvalue weighted by atomic mass is 10.0. The number of aromatic amines is 1. The normalized spacial score (nSPS) is 19.2. The summed E-state index contributed by atoms with van der Waals surface area (Å²) in [5.74, 6) is -2.04. The zero-order chi connectivity index (χ0) is 38.8. The van der Waals surface area contributed by atoms with E-state index in [4.69, 9.17) is 32.5 Å². The summed E-state index contributed by atoms with van der Waals surface area (Å²) in [5, 5.41) is 9.65. The van der Waals surface area contributed by atoms with Crippen molar-refractivity contribution in [2.24, 2.45) is 11.5 Å². The van der Waals surface area contributed by atoms with Gasteiger partial charge >= 0.3 is 6.18 Å². The second-order valence-electron chi connectivity index (χ2n) is 12.4. The molecular weight excluding hydrogens is 749 g/mol. The summed E-state index contributed by atoms with van der Waals surface area (Å²) in [6, 6.07) is 9.14. The van der Waals surface area contributed by atoms with Gasteiger partial charge in [0, 0.05) is 67.8 Å². The van der Waals surface area contributed by atoms with Crippen LogP contribution in [-0.2, 0) is 49.5 Å². The van der Waals surface area contributed by atoms with Gasteiger partial charge in [-0.15, -0.1) is 0 Å². The van der Waals surface area contributed by atoms with Crippen molar-refractivity contribution in [1.82, 2.24) is 30.8 Å². The largest absolute Gasteiger partial charge is 0.416 e. The van der Waals surface area contributed by atoms with E-state index in [2.05, 4.69) is 25.9 Å². The first-order chi connectivity index (χ1) is 25.9. The van der Waals surface area contributed by atoms with Crippen LogP contribution in [0.5, 0.6) is 0 Å². The minimum atomic E-state index is -4.80. The molecule has 18 heteroatoms. The third kappa shape index (κ3) is 10.1. The number of aromatic nitrogens is 2. The Morgan fingerprint density at radius 1 is 0.963 bits per heavy atom. The number of benzene rings is 2. The molecule has 0 bridgehead atoms. The van der Waals surface area contributed by atoms with E-state index >= 15 is 0 Å². The van der Waals surface area contributed by atoms with Crippen LogP contribution in [-0.4, -0.2) is 97.3 Å². The number of hydrogen-bond acceptors (Lipinski definition) is 10. The van der Waals surface area contributed by atoms with Crippen molar-refractivity contribution in [3.8, 4) is 0 Å². The van der Waals surface area contributed by atoms with Crippen molar-refractivity contribution in [2.45, 2.75) is 53.7 Å². The highest BCUT2D eigenvalue weighted by Crippen LogP contribution is 2.42. The first-order valence-corrected chi connectivity index (χ1v) is 18.3. The third-order valence-electron chi connectivity index (χ3n) is 8.78. The molecule has 3 atom stereocenters. The second kappa shape index (κ2) is 18.9. The summed E-state index contributed by atoms with van der Waals surface area (Å²) >= 11 is 7.49. The molecule has 0 saturated heterocycles. The first-order valence-electron chi connectivity index (χ1n) is 17.1. The molecule has 2 aromatic carbocycles. The standard InChI is InChI=1S/C36H42ClF3N8O5S/c1-48-30(15-22-17-44-27-7-3-2-6-23(22)27)33(50)46-18-24-25(36(38,39)40)8-9-26(37)31(24)54-34-21(5-4-12-43-34)16-45-28(19-52-13-10-41)32(49)47-29(35(48)51)20-53-14-11-42/h2-9,12,17,28-30,44-45H,10-11,13-16,18-20,41-42H2,1H3,(H,46,50)(H,47,49). The number of fused-ring (bicyclic) bond motifs is 3. The number of likely N-dealkylation sites (N-methyl/N-ethyl adjacent to an activating group) is 1. The molecule has 54 heavy (non-hydrogen) atoms. The fraction of sp³-hybridized carbons (Fsp3) is 0.389. The predicted octanol–water partition coefficient (Wildman–Crippen LogP) is 2.98. The van der Waals surface area contributed by atoms with E-state index in [-0.39, 0.29) is 68.0 Å². The van der Waals surface area contributed by atoms with Crippen LogP contribution in [0.4, 0.5) is 13.2 Å². The molecular formula is C36H42ClF3N8O5S. The molecule has 0 radical (unpaired) electrons. The molecule has 290 valence electrons. The smallest absolute Gasteiger partial charge is 0.378 e. The quantitative estimate of drug-likeness (QED) is 0.130. The van der Waals surface area contributed by atoms with Crippen molar-refractivity contribution in [1.29, 1.82) is 0 Å². The van der Waals surface area contributed by atoms with Crippen LogP contribution in [0.3, 0.4) is 0 Å². The second-order valence-corrected chi connectivity index (χ2v) is 13.8. The Bertz CT molecular complexity index is 1930. The highest BCUT2D eigenvalue weighted by molar-refractivity contribution is 7.99. The average Bonchev–Trinajstić information content (AvgIpc) is 3.56. The van der Waals surface area contributed by atoms with Crippen LogP contribution in [0, 0.1) is 0 Å². The van der Waals surface area contributed by atoms with Crippen molar-refractivity contribution in [3.05, 3.63) is 88.2 Å². The van der Waals surface area contributed by atoms with E-state index in [0.29, 0.717) is 16.2 Å². The molecule has 5 rings (SSSR count). The van der Waals surface area contributed by atoms with Gasteiger partial charge in [-0.1, -0.05) is 47.6 Å². The minimum absolute atomic E-state index is 0.00938. The molecule has 3 unspecified atom stereocenters. The molecule has 3 amide bonds. The molecule has 0 aliphatic carbocycles. The van der Waals surface area contributed by atoms with E-state index in [1.54, 1.807) is 18.3 Å². The molecule has 0 spiro atoms. The van der Waals surface area contributed by atoms with Gasteiger partial charge in [0.1, 0.15) is 23.2 Å². The van der Waals surface area contributed by atoms with Gasteiger partial charge in [0.2, 0.25) is 17.7 Å². The number of alkyl halides is 3. The number of rotatable bonds is 10. The van der Waals surface area contributed by atoms with E-state index in [1.165, 1.54) is 13.2 Å². The number of ether oxygens (including phenoxy) is 2. The molecule has 4 aromatic rings. The molecule has 3 heterocycles. The highest BCUT2D eigenvalue weighted by Gasteiger charge is 2.37. The Balaban J connectivity index is 1.62. The number of para-hydroxylation sites is 1. The van der Waals surface area contributed by atoms with Gasteiger partial charge in [-0.25, -0.2) is 4.98 Å². The van der Waals surface area contributed by atoms with Gasteiger partial charge in [-0.05, 0) is 41.0 Å². The van der Waals surface area contributed by atoms with Crippen LogP contribution >= 0.6 is 23.4 Å². The molecule has 2 aromatic heterocycles. The highest BCUT2D eigenvalue weighted by atomic mass is 35.5. The van der Waals surface area contributed by atoms with Gasteiger partial charge < -0.3 is 41.5 Å². The number of halogens is 4. The number of nitrogens with zero attached hydrogens (tertiary/aromatic N) is 2. The summed E-state index contributed by atoms with van der Waals surface area (Å²) in [6.45, 7) is -0.418. The average molecular weight is 791 g/mol. The summed E-state index contributed by atoms with van der Waals surface area (Å²) in [7, 11) is 1.39. The number of pyridine rings is 1. The summed E-state index contributed by atoms with van der Waals surface area (Å²) in [5.41, 5.74) is 12.0. The Kier molecular flexibility index (Phi) is 14.3. The number of nitrogens with two attached hydrogens (primary N) is 2. The van der Waals surface area contributed by atoms with Crippen LogP contribution in [0.1, 0.15) is 22.3 Å². The number of amides is 3. The fourth-order valence-electron chi connectivity index (χ4n) is 5.98. The van der Waals surface area contributed by atoms with Gasteiger partial charge in [-0.2, -0.15) is 13.2 Å². The maximum Gasteiger partial charge on any atom is 0.416 e. The van der Waals surface area contributed by atoms with Crippen LogP contribution in [0.2, 0.25) is 5.02 Å². The topological polar surface area (TPSA) is 190 Å². The monoisotopic (exact) mass is 790 g/mol. The Morgan fingerprint density at radius 2 is 1.69 bits per heavy atom. The molecule has 1 aliphatic heterocycles. The Labute approximate surface area is 319 Å². The molecule has 1 aliphatic rings. The van der Waals surface area contributed by atoms with Gasteiger partial charge in [0.25, 0.3) is 0 Å². The lowest BCUT2D eigenvalue weighted by Crippen LogP contribution is -2.59. The van der Waals surface area contributed by atoms with E-state index < -0.39 is 54.1 Å². The van der Waals surface area contributed by atoms with E-state index in [1.807, 2.05) is 24.3 Å². The number of carbonyl (C=O) groups excluding carboxylic acids is 3. The number of nitrogens with one attached hydrogen (secondary N) is 4. The van der Waals surface area contributed by atoms with Crippen molar-refractivity contribution in [2.75, 3.05) is 46.6 Å². The number of hydrogen-bond donors (Lipinski definition) is 6. The predicted molar refractivity (Wildman–Crippen MR) is 198 cm³/mol. The lowest BCUT2D eigenvalue weighted by Gasteiger charge is -2.31. The van der Waals surface area contributed by atoms with Crippen molar-refractivity contribution < 1.29 is 37.0 Å². The molecule has 0 fully saturated rings. The van der Waals surface area contributed by atoms with Crippen molar-refractivity contribution in [3.63, 3.8) is 0 Å². The SMILES string of the molecule is CN1C(=O)C(COCCN)NC(=O)C(COCCN)NCc2cccnc2Sc2c(Cl)ccc(C(F)(F)F)c2CNC(=O)C1Cc1c[nH]c2ccccc12. The van der Waals surface area contributed by atoms with E-state index in [0.717, 1.165) is 39.7 Å². The zero-order valence-corrected chi connectivity index (χ0v) is 31.0. The Hall–Kier alpha value is -4.23. The van der Waals surface area contributed by atoms with Crippen LogP contribution < -0.4 is 27.4 Å². The molecule has 8 N–H and O–H groups in total. The number of H-pyrrole nitrogens is 1. The summed E-state index contributed by atoms with van der Waals surface area (Å²) in [4.78, 5) is 51.2. The van der Waals surface area contributed by atoms with Gasteiger partial charge in [0.05, 0.1) is 37.0 Å². The summed E-state index contributed by atoms with van der Waals surface area (Å²) < 4.78 is 54.9. The van der Waals surface area contributed by atoms with Crippen molar-refractivity contribution >= 4 is 52.0 Å². The van der Waals surface area contributed by atoms with Crippen LogP contribution in [0.25, 0.3) is 10.9 Å².